The van der Waals surface area contributed by atoms with Gasteiger partial charge in [0.15, 0.2) is 0 Å². The van der Waals surface area contributed by atoms with Crippen LogP contribution in [0.3, 0.4) is 0 Å². The average Bonchev–Trinajstić information content (AvgIpc) is 2.76. The third kappa shape index (κ3) is 1.23. The fourth-order valence-corrected chi connectivity index (χ4v) is 4.34. The maximum atomic E-state index is 10.8. The van der Waals surface area contributed by atoms with Gasteiger partial charge in [0.1, 0.15) is 4.88 Å². The molecule has 0 amide bonds. The zero-order chi connectivity index (χ0) is 9.76. The molecule has 0 atom stereocenters. The fourth-order valence-electron chi connectivity index (χ4n) is 1.59. The van der Waals surface area contributed by atoms with E-state index in [0.29, 0.717) is 9.62 Å². The molecule has 0 bridgehead atoms. The lowest BCUT2D eigenvalue weighted by Crippen LogP contribution is -2.21. The van der Waals surface area contributed by atoms with Gasteiger partial charge in [0.25, 0.3) is 0 Å². The second-order valence-electron chi connectivity index (χ2n) is 3.76. The number of hydrogen-bond acceptors (Lipinski definition) is 4. The van der Waals surface area contributed by atoms with Gasteiger partial charge in [-0.1, -0.05) is 0 Å². The normalized spacial score (nSPS) is 21.4. The van der Waals surface area contributed by atoms with E-state index in [4.69, 9.17) is 5.11 Å². The number of anilines is 1. The Bertz CT molecular complexity index is 409. The molecule has 5 heteroatoms. The molecule has 1 spiro atoms. The molecule has 1 aliphatic heterocycles. The summed E-state index contributed by atoms with van der Waals surface area (Å²) in [6.45, 7) is 0.987. The van der Waals surface area contributed by atoms with Crippen LogP contribution in [0.1, 0.15) is 22.5 Å². The first-order chi connectivity index (χ1) is 6.69. The second-order valence-corrected chi connectivity index (χ2v) is 6.54. The highest BCUT2D eigenvalue weighted by atomic mass is 32.2. The maximum Gasteiger partial charge on any atom is 0.345 e. The summed E-state index contributed by atoms with van der Waals surface area (Å²) in [5.41, 5.74) is 1.01. The molecule has 1 saturated carbocycles. The van der Waals surface area contributed by atoms with Crippen LogP contribution in [0.25, 0.3) is 0 Å². The molecule has 3 nitrogen and oxygen atoms in total. The van der Waals surface area contributed by atoms with E-state index in [1.807, 2.05) is 11.8 Å². The highest BCUT2D eigenvalue weighted by Gasteiger charge is 2.46. The van der Waals surface area contributed by atoms with Crippen LogP contribution in [-0.2, 0) is 0 Å². The van der Waals surface area contributed by atoms with Crippen LogP contribution in [0.4, 0.5) is 5.69 Å². The third-order valence-electron chi connectivity index (χ3n) is 2.63. The van der Waals surface area contributed by atoms with E-state index < -0.39 is 5.97 Å². The quantitative estimate of drug-likeness (QED) is 0.774. The molecule has 74 valence electrons. The average molecular weight is 227 g/mol. The molecule has 0 unspecified atom stereocenters. The second kappa shape index (κ2) is 2.67. The minimum atomic E-state index is -0.823. The zero-order valence-corrected chi connectivity index (χ0v) is 9.00. The number of thiophene rings is 1. The molecule has 1 fully saturated rings. The smallest absolute Gasteiger partial charge is 0.345 e. The number of fused-ring (bicyclic) bond motifs is 1. The van der Waals surface area contributed by atoms with Crippen molar-refractivity contribution in [2.45, 2.75) is 21.8 Å². The minimum absolute atomic E-state index is 0.396. The molecular weight excluding hydrogens is 218 g/mol. The number of thioether (sulfide) groups is 1. The molecule has 1 aromatic heterocycles. The van der Waals surface area contributed by atoms with Crippen molar-refractivity contribution in [1.29, 1.82) is 0 Å². The van der Waals surface area contributed by atoms with Gasteiger partial charge in [0.2, 0.25) is 0 Å². The third-order valence-corrected chi connectivity index (χ3v) is 5.44. The number of nitrogens with one attached hydrogen (secondary N) is 1. The van der Waals surface area contributed by atoms with Crippen molar-refractivity contribution >= 4 is 34.8 Å². The van der Waals surface area contributed by atoms with Crippen molar-refractivity contribution in [3.63, 3.8) is 0 Å². The highest BCUT2D eigenvalue weighted by Crippen LogP contribution is 2.57. The summed E-state index contributed by atoms with van der Waals surface area (Å²) in [5.74, 6) is -0.823. The topological polar surface area (TPSA) is 49.3 Å². The summed E-state index contributed by atoms with van der Waals surface area (Å²) < 4.78 is 1.54. The fraction of sp³-hybridized carbons (Fsp3) is 0.444. The standard InChI is InChI=1S/C9H9NO2S2/c11-7(12)6-3-5-8(13-6)14-9(1-2-9)4-10-5/h3,10H,1-2,4H2,(H,11,12). The Morgan fingerprint density at radius 3 is 3.00 bits per heavy atom. The highest BCUT2D eigenvalue weighted by molar-refractivity contribution is 8.03. The maximum absolute atomic E-state index is 10.8. The molecule has 0 saturated heterocycles. The molecule has 0 aromatic carbocycles. The molecule has 3 rings (SSSR count). The van der Waals surface area contributed by atoms with Crippen molar-refractivity contribution in [2.75, 3.05) is 11.9 Å². The number of carboxylic acids is 1. The van der Waals surface area contributed by atoms with E-state index in [9.17, 15) is 4.79 Å². The Kier molecular flexibility index (Phi) is 1.64. The molecule has 2 aliphatic rings. The Morgan fingerprint density at radius 2 is 2.36 bits per heavy atom. The van der Waals surface area contributed by atoms with E-state index in [1.165, 1.54) is 24.2 Å². The van der Waals surface area contributed by atoms with Gasteiger partial charge in [-0.3, -0.25) is 0 Å². The number of hydrogen-bond donors (Lipinski definition) is 2. The van der Waals surface area contributed by atoms with Gasteiger partial charge in [-0.25, -0.2) is 4.79 Å². The van der Waals surface area contributed by atoms with Crippen LogP contribution in [0.2, 0.25) is 0 Å². The van der Waals surface area contributed by atoms with Crippen molar-refractivity contribution in [2.24, 2.45) is 0 Å². The van der Waals surface area contributed by atoms with Crippen LogP contribution in [0, 0.1) is 0 Å². The van der Waals surface area contributed by atoms with Gasteiger partial charge in [-0.15, -0.1) is 23.1 Å². The summed E-state index contributed by atoms with van der Waals surface area (Å²) in [7, 11) is 0. The SMILES string of the molecule is O=C(O)c1cc2c(s1)SC1(CC1)CN2. The Morgan fingerprint density at radius 1 is 1.57 bits per heavy atom. The summed E-state index contributed by atoms with van der Waals surface area (Å²) in [4.78, 5) is 11.2. The number of carboxylic acid groups (broad SMARTS) is 1. The molecule has 0 radical (unpaired) electrons. The predicted octanol–water partition coefficient (Wildman–Crippen LogP) is 2.50. The van der Waals surface area contributed by atoms with Gasteiger partial charge in [-0.2, -0.15) is 0 Å². The molecule has 1 aliphatic carbocycles. The lowest BCUT2D eigenvalue weighted by Gasteiger charge is -2.21. The van der Waals surface area contributed by atoms with E-state index >= 15 is 0 Å². The van der Waals surface area contributed by atoms with Crippen LogP contribution in [-0.4, -0.2) is 22.4 Å². The van der Waals surface area contributed by atoms with Crippen molar-refractivity contribution in [3.05, 3.63) is 10.9 Å². The van der Waals surface area contributed by atoms with E-state index in [0.717, 1.165) is 16.4 Å². The van der Waals surface area contributed by atoms with Crippen LogP contribution >= 0.6 is 23.1 Å². The lowest BCUT2D eigenvalue weighted by atomic mass is 10.3. The number of carbonyl (C=O) groups is 1. The van der Waals surface area contributed by atoms with Crippen molar-refractivity contribution in [1.82, 2.24) is 0 Å². The first kappa shape index (κ1) is 8.61. The van der Waals surface area contributed by atoms with Gasteiger partial charge < -0.3 is 10.4 Å². The van der Waals surface area contributed by atoms with Crippen LogP contribution < -0.4 is 5.32 Å². The van der Waals surface area contributed by atoms with Crippen molar-refractivity contribution < 1.29 is 9.90 Å². The summed E-state index contributed by atoms with van der Waals surface area (Å²) >= 11 is 3.24. The molecule has 14 heavy (non-hydrogen) atoms. The molecule has 2 heterocycles. The first-order valence-corrected chi connectivity index (χ1v) is 6.12. The Balaban J connectivity index is 1.97. The Hall–Kier alpha value is -0.680. The summed E-state index contributed by atoms with van der Waals surface area (Å²) in [6, 6.07) is 1.74. The Labute approximate surface area is 89.5 Å². The zero-order valence-electron chi connectivity index (χ0n) is 7.37. The van der Waals surface area contributed by atoms with E-state index in [2.05, 4.69) is 5.32 Å². The minimum Gasteiger partial charge on any atom is -0.477 e. The van der Waals surface area contributed by atoms with Gasteiger partial charge in [-0.05, 0) is 18.9 Å². The largest absolute Gasteiger partial charge is 0.477 e. The number of rotatable bonds is 1. The molecule has 1 aromatic rings. The van der Waals surface area contributed by atoms with Crippen molar-refractivity contribution in [3.8, 4) is 0 Å². The van der Waals surface area contributed by atoms with E-state index in [-0.39, 0.29) is 0 Å². The summed E-state index contributed by atoms with van der Waals surface area (Å²) in [6.07, 6.45) is 2.51. The van der Waals surface area contributed by atoms with Gasteiger partial charge >= 0.3 is 5.97 Å². The monoisotopic (exact) mass is 227 g/mol. The van der Waals surface area contributed by atoms with Crippen LogP contribution in [0.5, 0.6) is 0 Å². The molecular formula is C9H9NO2S2. The summed E-state index contributed by atoms with van der Waals surface area (Å²) in [5, 5.41) is 12.2. The predicted molar refractivity (Wildman–Crippen MR) is 57.6 cm³/mol. The molecule has 2 N–H and O–H groups in total. The van der Waals surface area contributed by atoms with E-state index in [1.54, 1.807) is 6.07 Å². The lowest BCUT2D eigenvalue weighted by molar-refractivity contribution is 0.0702. The van der Waals surface area contributed by atoms with Crippen LogP contribution in [0.15, 0.2) is 10.3 Å². The van der Waals surface area contributed by atoms with Gasteiger partial charge in [0.05, 0.1) is 9.90 Å². The van der Waals surface area contributed by atoms with Gasteiger partial charge in [0, 0.05) is 11.3 Å². The first-order valence-electron chi connectivity index (χ1n) is 4.49. The number of aromatic carboxylic acids is 1.